The molecule has 0 unspecified atom stereocenters. The Morgan fingerprint density at radius 1 is 1.18 bits per heavy atom. The molecule has 1 aromatic carbocycles. The molecule has 0 aromatic heterocycles. The summed E-state index contributed by atoms with van der Waals surface area (Å²) in [5.41, 5.74) is 0.581. The van der Waals surface area contributed by atoms with E-state index in [1.165, 1.54) is 0 Å². The average Bonchev–Trinajstić information content (AvgIpc) is 2.36. The molecule has 0 amide bonds. The van der Waals surface area contributed by atoms with Crippen molar-refractivity contribution in [3.63, 3.8) is 0 Å². The molecule has 17 heavy (non-hydrogen) atoms. The van der Waals surface area contributed by atoms with Crippen LogP contribution in [-0.4, -0.2) is 33.2 Å². The summed E-state index contributed by atoms with van der Waals surface area (Å²) in [4.78, 5) is 10.7. The molecule has 4 heteroatoms. The van der Waals surface area contributed by atoms with Gasteiger partial charge >= 0.3 is 0 Å². The van der Waals surface area contributed by atoms with E-state index >= 15 is 0 Å². The van der Waals surface area contributed by atoms with Gasteiger partial charge in [-0.1, -0.05) is 0 Å². The van der Waals surface area contributed by atoms with Gasteiger partial charge in [0, 0.05) is 25.7 Å². The number of ether oxygens (including phenoxy) is 3. The van der Waals surface area contributed by atoms with E-state index in [1.807, 2.05) is 6.92 Å². The minimum absolute atomic E-state index is 0.538. The maximum atomic E-state index is 10.7. The highest BCUT2D eigenvalue weighted by Crippen LogP contribution is 2.28. The summed E-state index contributed by atoms with van der Waals surface area (Å²) in [6.07, 6.45) is 1.61. The van der Waals surface area contributed by atoms with Crippen LogP contribution in [0.4, 0.5) is 0 Å². The largest absolute Gasteiger partial charge is 0.490 e. The van der Waals surface area contributed by atoms with Gasteiger partial charge in [-0.15, -0.1) is 0 Å². The van der Waals surface area contributed by atoms with Gasteiger partial charge in [0.05, 0.1) is 13.2 Å². The Balaban J connectivity index is 2.65. The highest BCUT2D eigenvalue weighted by molar-refractivity contribution is 5.76. The summed E-state index contributed by atoms with van der Waals surface area (Å²) >= 11 is 0. The van der Waals surface area contributed by atoms with Gasteiger partial charge in [-0.25, -0.2) is 0 Å². The number of carbonyl (C=O) groups excluding carboxylic acids is 1. The monoisotopic (exact) mass is 238 g/mol. The maximum Gasteiger partial charge on any atom is 0.161 e. The summed E-state index contributed by atoms with van der Waals surface area (Å²) in [6.45, 7) is 3.66. The molecule has 0 heterocycles. The SMILES string of the molecule is CCOc1cc(C=O)ccc1OCCCOC. The molecule has 0 spiro atoms. The lowest BCUT2D eigenvalue weighted by atomic mass is 10.2. The van der Waals surface area contributed by atoms with E-state index in [9.17, 15) is 4.79 Å². The molecule has 0 aliphatic heterocycles. The van der Waals surface area contributed by atoms with Crippen molar-refractivity contribution in [2.24, 2.45) is 0 Å². The summed E-state index contributed by atoms with van der Waals surface area (Å²) in [6, 6.07) is 5.14. The van der Waals surface area contributed by atoms with Crippen LogP contribution in [0.3, 0.4) is 0 Å². The van der Waals surface area contributed by atoms with Gasteiger partial charge in [0.25, 0.3) is 0 Å². The molecule has 1 aromatic rings. The van der Waals surface area contributed by atoms with Crippen LogP contribution in [0, 0.1) is 0 Å². The van der Waals surface area contributed by atoms with Crippen molar-refractivity contribution >= 4 is 6.29 Å². The standard InChI is InChI=1S/C13H18O4/c1-3-16-13-9-11(10-14)5-6-12(13)17-8-4-7-15-2/h5-6,9-10H,3-4,7-8H2,1-2H3. The highest BCUT2D eigenvalue weighted by Gasteiger charge is 2.05. The Labute approximate surface area is 101 Å². The van der Waals surface area contributed by atoms with E-state index in [0.29, 0.717) is 36.9 Å². The molecule has 1 rings (SSSR count). The number of hydrogen-bond acceptors (Lipinski definition) is 4. The molecule has 0 aliphatic rings. The Hall–Kier alpha value is -1.55. The lowest BCUT2D eigenvalue weighted by molar-refractivity contribution is 0.112. The third-order valence-corrected chi connectivity index (χ3v) is 2.15. The minimum Gasteiger partial charge on any atom is -0.490 e. The fourth-order valence-corrected chi connectivity index (χ4v) is 1.37. The second-order valence-electron chi connectivity index (χ2n) is 3.45. The molecule has 0 N–H and O–H groups in total. The van der Waals surface area contributed by atoms with Gasteiger partial charge in [0.1, 0.15) is 6.29 Å². The van der Waals surface area contributed by atoms with Crippen molar-refractivity contribution < 1.29 is 19.0 Å². The van der Waals surface area contributed by atoms with Crippen molar-refractivity contribution in [2.75, 3.05) is 26.9 Å². The van der Waals surface area contributed by atoms with Crippen molar-refractivity contribution in [3.8, 4) is 11.5 Å². The fourth-order valence-electron chi connectivity index (χ4n) is 1.37. The zero-order chi connectivity index (χ0) is 12.5. The maximum absolute atomic E-state index is 10.7. The number of hydrogen-bond donors (Lipinski definition) is 0. The first-order valence-electron chi connectivity index (χ1n) is 5.65. The van der Waals surface area contributed by atoms with Crippen LogP contribution >= 0.6 is 0 Å². The topological polar surface area (TPSA) is 44.8 Å². The Morgan fingerprint density at radius 3 is 2.65 bits per heavy atom. The molecular formula is C13H18O4. The molecule has 0 saturated carbocycles. The van der Waals surface area contributed by atoms with E-state index in [1.54, 1.807) is 25.3 Å². The number of rotatable bonds is 8. The molecule has 4 nitrogen and oxygen atoms in total. The quantitative estimate of drug-likeness (QED) is 0.515. The van der Waals surface area contributed by atoms with Gasteiger partial charge in [-0.2, -0.15) is 0 Å². The van der Waals surface area contributed by atoms with Crippen LogP contribution in [0.2, 0.25) is 0 Å². The summed E-state index contributed by atoms with van der Waals surface area (Å²) in [7, 11) is 1.66. The van der Waals surface area contributed by atoms with Crippen molar-refractivity contribution in [2.45, 2.75) is 13.3 Å². The van der Waals surface area contributed by atoms with Crippen molar-refractivity contribution in [1.29, 1.82) is 0 Å². The molecule has 0 fully saturated rings. The van der Waals surface area contributed by atoms with E-state index in [0.717, 1.165) is 12.7 Å². The first-order chi connectivity index (χ1) is 8.31. The third-order valence-electron chi connectivity index (χ3n) is 2.15. The average molecular weight is 238 g/mol. The number of methoxy groups -OCH3 is 1. The summed E-state index contributed by atoms with van der Waals surface area (Å²) in [5, 5.41) is 0. The van der Waals surface area contributed by atoms with Gasteiger partial charge in [-0.05, 0) is 25.1 Å². The molecule has 0 bridgehead atoms. The van der Waals surface area contributed by atoms with Crippen LogP contribution < -0.4 is 9.47 Å². The number of benzene rings is 1. The zero-order valence-corrected chi connectivity index (χ0v) is 10.3. The normalized spacial score (nSPS) is 10.0. The summed E-state index contributed by atoms with van der Waals surface area (Å²) < 4.78 is 15.9. The number of carbonyl (C=O) groups is 1. The highest BCUT2D eigenvalue weighted by atomic mass is 16.5. The Morgan fingerprint density at radius 2 is 2.00 bits per heavy atom. The predicted molar refractivity (Wildman–Crippen MR) is 65.0 cm³/mol. The molecule has 94 valence electrons. The van der Waals surface area contributed by atoms with Gasteiger partial charge < -0.3 is 14.2 Å². The van der Waals surface area contributed by atoms with Crippen molar-refractivity contribution in [1.82, 2.24) is 0 Å². The van der Waals surface area contributed by atoms with E-state index in [-0.39, 0.29) is 0 Å². The third kappa shape index (κ3) is 4.44. The second-order valence-corrected chi connectivity index (χ2v) is 3.45. The second kappa shape index (κ2) is 7.68. The lowest BCUT2D eigenvalue weighted by Gasteiger charge is -2.12. The fraction of sp³-hybridized carbons (Fsp3) is 0.462. The smallest absolute Gasteiger partial charge is 0.161 e. The Kier molecular flexibility index (Phi) is 6.10. The van der Waals surface area contributed by atoms with Crippen LogP contribution in [0.5, 0.6) is 11.5 Å². The van der Waals surface area contributed by atoms with E-state index in [2.05, 4.69) is 0 Å². The molecule has 0 radical (unpaired) electrons. The lowest BCUT2D eigenvalue weighted by Crippen LogP contribution is -2.03. The minimum atomic E-state index is 0.538. The van der Waals surface area contributed by atoms with E-state index in [4.69, 9.17) is 14.2 Å². The van der Waals surface area contributed by atoms with Gasteiger partial charge in [-0.3, -0.25) is 4.79 Å². The number of aldehydes is 1. The first-order valence-corrected chi connectivity index (χ1v) is 5.65. The van der Waals surface area contributed by atoms with Crippen molar-refractivity contribution in [3.05, 3.63) is 23.8 Å². The van der Waals surface area contributed by atoms with Crippen LogP contribution in [0.25, 0.3) is 0 Å². The van der Waals surface area contributed by atoms with E-state index < -0.39 is 0 Å². The molecular weight excluding hydrogens is 220 g/mol. The van der Waals surface area contributed by atoms with Crippen LogP contribution in [-0.2, 0) is 4.74 Å². The molecule has 0 atom stereocenters. The van der Waals surface area contributed by atoms with Gasteiger partial charge in [0.15, 0.2) is 11.5 Å². The van der Waals surface area contributed by atoms with Crippen LogP contribution in [0.15, 0.2) is 18.2 Å². The first kappa shape index (κ1) is 13.5. The predicted octanol–water partition coefficient (Wildman–Crippen LogP) is 2.31. The molecule has 0 saturated heterocycles. The Bertz CT molecular complexity index is 349. The van der Waals surface area contributed by atoms with Gasteiger partial charge in [0.2, 0.25) is 0 Å². The zero-order valence-electron chi connectivity index (χ0n) is 10.3. The molecule has 0 aliphatic carbocycles. The van der Waals surface area contributed by atoms with Crippen LogP contribution in [0.1, 0.15) is 23.7 Å². The summed E-state index contributed by atoms with van der Waals surface area (Å²) in [5.74, 6) is 1.27.